The SMILES string of the molecule is Cc1ccc(C=CCCN=[N+]=[N-])nn1. The summed E-state index contributed by atoms with van der Waals surface area (Å²) in [6.45, 7) is 2.37. The lowest BCUT2D eigenvalue weighted by atomic mass is 10.3. The van der Waals surface area contributed by atoms with Crippen molar-refractivity contribution in [3.8, 4) is 0 Å². The predicted molar refractivity (Wildman–Crippen MR) is 54.4 cm³/mol. The van der Waals surface area contributed by atoms with Gasteiger partial charge in [-0.2, -0.15) is 10.2 Å². The molecule has 0 spiro atoms. The van der Waals surface area contributed by atoms with Crippen LogP contribution < -0.4 is 0 Å². The zero-order valence-electron chi connectivity index (χ0n) is 7.96. The van der Waals surface area contributed by atoms with E-state index in [1.807, 2.05) is 31.2 Å². The Morgan fingerprint density at radius 3 is 3.00 bits per heavy atom. The van der Waals surface area contributed by atoms with Crippen LogP contribution in [0.4, 0.5) is 0 Å². The molecular weight excluding hydrogens is 178 g/mol. The number of hydrogen-bond acceptors (Lipinski definition) is 3. The van der Waals surface area contributed by atoms with Gasteiger partial charge in [0.25, 0.3) is 0 Å². The molecule has 0 unspecified atom stereocenters. The molecule has 5 nitrogen and oxygen atoms in total. The Hall–Kier alpha value is -1.87. The molecule has 0 N–H and O–H groups in total. The Kier molecular flexibility index (Phi) is 4.17. The van der Waals surface area contributed by atoms with E-state index in [0.29, 0.717) is 6.54 Å². The first-order chi connectivity index (χ1) is 6.83. The largest absolute Gasteiger partial charge is 0.155 e. The molecule has 0 amide bonds. The molecule has 1 aromatic rings. The van der Waals surface area contributed by atoms with Gasteiger partial charge in [0.05, 0.1) is 11.4 Å². The Bertz CT molecular complexity index is 348. The maximum Gasteiger partial charge on any atom is 0.0854 e. The van der Waals surface area contributed by atoms with E-state index in [2.05, 4.69) is 20.2 Å². The minimum atomic E-state index is 0.478. The summed E-state index contributed by atoms with van der Waals surface area (Å²) < 4.78 is 0. The fourth-order valence-corrected chi connectivity index (χ4v) is 0.879. The van der Waals surface area contributed by atoms with Gasteiger partial charge >= 0.3 is 0 Å². The van der Waals surface area contributed by atoms with Crippen LogP contribution in [0.2, 0.25) is 0 Å². The van der Waals surface area contributed by atoms with Crippen LogP contribution in [-0.4, -0.2) is 16.7 Å². The average Bonchev–Trinajstić information content (AvgIpc) is 2.21. The Balaban J connectivity index is 2.43. The number of aromatic nitrogens is 2. The minimum absolute atomic E-state index is 0.478. The third-order valence-electron chi connectivity index (χ3n) is 1.57. The van der Waals surface area contributed by atoms with Crippen molar-refractivity contribution in [2.75, 3.05) is 6.54 Å². The van der Waals surface area contributed by atoms with Gasteiger partial charge < -0.3 is 0 Å². The summed E-state index contributed by atoms with van der Waals surface area (Å²) in [6.07, 6.45) is 4.49. The fourth-order valence-electron chi connectivity index (χ4n) is 0.879. The van der Waals surface area contributed by atoms with E-state index in [9.17, 15) is 0 Å². The molecule has 1 heterocycles. The normalized spacial score (nSPS) is 10.1. The van der Waals surface area contributed by atoms with E-state index in [1.165, 1.54) is 0 Å². The lowest BCUT2D eigenvalue weighted by molar-refractivity contribution is 0.964. The van der Waals surface area contributed by atoms with Gasteiger partial charge in [0.2, 0.25) is 0 Å². The first-order valence-corrected chi connectivity index (χ1v) is 4.30. The third-order valence-corrected chi connectivity index (χ3v) is 1.57. The molecule has 5 heteroatoms. The van der Waals surface area contributed by atoms with Gasteiger partial charge in [-0.25, -0.2) is 0 Å². The van der Waals surface area contributed by atoms with E-state index in [1.54, 1.807) is 0 Å². The van der Waals surface area contributed by atoms with E-state index in [4.69, 9.17) is 5.53 Å². The molecule has 72 valence electrons. The van der Waals surface area contributed by atoms with Crippen molar-refractivity contribution >= 4 is 6.08 Å². The molecule has 0 saturated carbocycles. The highest BCUT2D eigenvalue weighted by atomic mass is 15.1. The molecule has 1 aromatic heterocycles. The fraction of sp³-hybridized carbons (Fsp3) is 0.333. The number of rotatable bonds is 4. The van der Waals surface area contributed by atoms with Crippen molar-refractivity contribution in [2.24, 2.45) is 5.11 Å². The second-order valence-electron chi connectivity index (χ2n) is 2.75. The number of azide groups is 1. The van der Waals surface area contributed by atoms with Crippen LogP contribution in [0.25, 0.3) is 16.5 Å². The first kappa shape index (κ1) is 10.2. The van der Waals surface area contributed by atoms with Crippen molar-refractivity contribution in [2.45, 2.75) is 13.3 Å². The number of aryl methyl sites for hydroxylation is 1. The van der Waals surface area contributed by atoms with Gasteiger partial charge in [-0.15, -0.1) is 0 Å². The van der Waals surface area contributed by atoms with E-state index >= 15 is 0 Å². The molecule has 0 aromatic carbocycles. The van der Waals surface area contributed by atoms with Crippen LogP contribution in [0, 0.1) is 6.92 Å². The van der Waals surface area contributed by atoms with Gasteiger partial charge in [-0.05, 0) is 37.1 Å². The van der Waals surface area contributed by atoms with Crippen LogP contribution in [0.15, 0.2) is 23.3 Å². The van der Waals surface area contributed by atoms with Crippen molar-refractivity contribution in [1.29, 1.82) is 0 Å². The van der Waals surface area contributed by atoms with E-state index < -0.39 is 0 Å². The quantitative estimate of drug-likeness (QED) is 0.316. The van der Waals surface area contributed by atoms with Gasteiger partial charge in [-0.1, -0.05) is 11.2 Å². The number of hydrogen-bond donors (Lipinski definition) is 0. The van der Waals surface area contributed by atoms with Crippen LogP contribution in [-0.2, 0) is 0 Å². The molecule has 0 fully saturated rings. The Morgan fingerprint density at radius 2 is 2.36 bits per heavy atom. The molecule has 0 aliphatic rings. The van der Waals surface area contributed by atoms with Gasteiger partial charge in [0, 0.05) is 11.5 Å². The maximum absolute atomic E-state index is 8.03. The third kappa shape index (κ3) is 3.69. The summed E-state index contributed by atoms with van der Waals surface area (Å²) in [4.78, 5) is 2.65. The molecule has 0 atom stereocenters. The topological polar surface area (TPSA) is 74.5 Å². The number of nitrogens with zero attached hydrogens (tertiary/aromatic N) is 5. The van der Waals surface area contributed by atoms with Crippen molar-refractivity contribution < 1.29 is 0 Å². The lowest BCUT2D eigenvalue weighted by Crippen LogP contribution is -1.87. The molecule has 0 bridgehead atoms. The molecule has 0 aliphatic carbocycles. The van der Waals surface area contributed by atoms with E-state index in [0.717, 1.165) is 17.8 Å². The highest BCUT2D eigenvalue weighted by molar-refractivity contribution is 5.43. The van der Waals surface area contributed by atoms with E-state index in [-0.39, 0.29) is 0 Å². The van der Waals surface area contributed by atoms with Crippen LogP contribution >= 0.6 is 0 Å². The monoisotopic (exact) mass is 189 g/mol. The van der Waals surface area contributed by atoms with Crippen LogP contribution in [0.5, 0.6) is 0 Å². The second-order valence-corrected chi connectivity index (χ2v) is 2.75. The molecule has 0 aliphatic heterocycles. The Labute approximate surface area is 82.1 Å². The van der Waals surface area contributed by atoms with Gasteiger partial charge in [0.15, 0.2) is 0 Å². The highest BCUT2D eigenvalue weighted by Crippen LogP contribution is 1.98. The molecular formula is C9H11N5. The average molecular weight is 189 g/mol. The highest BCUT2D eigenvalue weighted by Gasteiger charge is 1.88. The summed E-state index contributed by atoms with van der Waals surface area (Å²) in [5, 5.41) is 11.3. The smallest absolute Gasteiger partial charge is 0.0854 e. The zero-order chi connectivity index (χ0) is 10.2. The van der Waals surface area contributed by atoms with Crippen molar-refractivity contribution in [3.05, 3.63) is 40.0 Å². The summed E-state index contributed by atoms with van der Waals surface area (Å²) >= 11 is 0. The van der Waals surface area contributed by atoms with Gasteiger partial charge in [0.1, 0.15) is 0 Å². The van der Waals surface area contributed by atoms with Gasteiger partial charge in [-0.3, -0.25) is 0 Å². The van der Waals surface area contributed by atoms with Crippen molar-refractivity contribution in [3.63, 3.8) is 0 Å². The Morgan fingerprint density at radius 1 is 1.50 bits per heavy atom. The summed E-state index contributed by atoms with van der Waals surface area (Å²) in [5.74, 6) is 0. The predicted octanol–water partition coefficient (Wildman–Crippen LogP) is 2.50. The minimum Gasteiger partial charge on any atom is -0.155 e. The molecule has 0 saturated heterocycles. The van der Waals surface area contributed by atoms with Crippen molar-refractivity contribution in [1.82, 2.24) is 10.2 Å². The first-order valence-electron chi connectivity index (χ1n) is 4.30. The van der Waals surface area contributed by atoms with Crippen LogP contribution in [0.3, 0.4) is 0 Å². The summed E-state index contributed by atoms with van der Waals surface area (Å²) in [6, 6.07) is 3.80. The maximum atomic E-state index is 8.03. The zero-order valence-corrected chi connectivity index (χ0v) is 7.96. The molecule has 14 heavy (non-hydrogen) atoms. The second kappa shape index (κ2) is 5.72. The summed E-state index contributed by atoms with van der Waals surface area (Å²) in [7, 11) is 0. The molecule has 1 rings (SSSR count). The molecule has 0 radical (unpaired) electrons. The standard InChI is InChI=1S/C9H11N5/c1-8-5-6-9(13-12-8)4-2-3-7-11-14-10/h2,4-6H,3,7H2,1H3. The summed E-state index contributed by atoms with van der Waals surface area (Å²) in [5.41, 5.74) is 9.74. The lowest BCUT2D eigenvalue weighted by Gasteiger charge is -1.91. The van der Waals surface area contributed by atoms with Crippen LogP contribution in [0.1, 0.15) is 17.8 Å².